The SMILES string of the molecule is O=C(CCc1nc2ccccc2[nH]c1=O)Nc1ccc2c(c1)CCO2. The summed E-state index contributed by atoms with van der Waals surface area (Å²) >= 11 is 0. The van der Waals surface area contributed by atoms with Crippen LogP contribution in [-0.2, 0) is 17.6 Å². The number of nitrogens with zero attached hydrogens (tertiary/aromatic N) is 1. The maximum atomic E-state index is 12.2. The van der Waals surface area contributed by atoms with Gasteiger partial charge in [-0.25, -0.2) is 4.98 Å². The second-order valence-corrected chi connectivity index (χ2v) is 6.00. The molecule has 0 atom stereocenters. The Morgan fingerprint density at radius 1 is 1.24 bits per heavy atom. The first-order valence-electron chi connectivity index (χ1n) is 8.22. The van der Waals surface area contributed by atoms with Gasteiger partial charge in [-0.15, -0.1) is 0 Å². The monoisotopic (exact) mass is 335 g/mol. The molecule has 3 aromatic rings. The number of aryl methyl sites for hydroxylation is 1. The number of anilines is 1. The number of carbonyl (C=O) groups excluding carboxylic acids is 1. The average molecular weight is 335 g/mol. The molecule has 4 rings (SSSR count). The molecule has 1 amide bonds. The van der Waals surface area contributed by atoms with Gasteiger partial charge in [-0.3, -0.25) is 9.59 Å². The number of carbonyl (C=O) groups is 1. The van der Waals surface area contributed by atoms with Crippen molar-refractivity contribution in [1.29, 1.82) is 0 Å². The Bertz CT molecular complexity index is 1010. The van der Waals surface area contributed by atoms with Crippen molar-refractivity contribution in [2.45, 2.75) is 19.3 Å². The van der Waals surface area contributed by atoms with Gasteiger partial charge in [0.15, 0.2) is 0 Å². The van der Waals surface area contributed by atoms with Crippen molar-refractivity contribution in [1.82, 2.24) is 9.97 Å². The number of aromatic nitrogens is 2. The minimum Gasteiger partial charge on any atom is -0.493 e. The predicted molar refractivity (Wildman–Crippen MR) is 95.0 cm³/mol. The molecule has 6 heteroatoms. The highest BCUT2D eigenvalue weighted by Gasteiger charge is 2.13. The summed E-state index contributed by atoms with van der Waals surface area (Å²) in [4.78, 5) is 31.4. The molecule has 1 aliphatic rings. The summed E-state index contributed by atoms with van der Waals surface area (Å²) in [6.07, 6.45) is 1.34. The molecule has 126 valence electrons. The maximum Gasteiger partial charge on any atom is 0.270 e. The van der Waals surface area contributed by atoms with Crippen LogP contribution < -0.4 is 15.6 Å². The Morgan fingerprint density at radius 2 is 2.12 bits per heavy atom. The van der Waals surface area contributed by atoms with E-state index in [-0.39, 0.29) is 17.9 Å². The van der Waals surface area contributed by atoms with Crippen molar-refractivity contribution in [3.05, 3.63) is 64.1 Å². The molecule has 0 unspecified atom stereocenters. The van der Waals surface area contributed by atoms with Crippen molar-refractivity contribution in [2.24, 2.45) is 0 Å². The van der Waals surface area contributed by atoms with Crippen LogP contribution in [0.25, 0.3) is 11.0 Å². The summed E-state index contributed by atoms with van der Waals surface area (Å²) in [6.45, 7) is 0.684. The summed E-state index contributed by atoms with van der Waals surface area (Å²) in [7, 11) is 0. The molecule has 25 heavy (non-hydrogen) atoms. The Hall–Kier alpha value is -3.15. The molecule has 2 N–H and O–H groups in total. The molecule has 1 aromatic heterocycles. The summed E-state index contributed by atoms with van der Waals surface area (Å²) in [5.74, 6) is 0.734. The first-order valence-corrected chi connectivity index (χ1v) is 8.22. The molecule has 0 spiro atoms. The van der Waals surface area contributed by atoms with E-state index >= 15 is 0 Å². The summed E-state index contributed by atoms with van der Waals surface area (Å²) in [5, 5.41) is 2.86. The lowest BCUT2D eigenvalue weighted by Gasteiger charge is -2.07. The van der Waals surface area contributed by atoms with Crippen LogP contribution in [0.4, 0.5) is 5.69 Å². The van der Waals surface area contributed by atoms with Crippen molar-refractivity contribution in [2.75, 3.05) is 11.9 Å². The summed E-state index contributed by atoms with van der Waals surface area (Å²) in [6, 6.07) is 13.0. The fraction of sp³-hybridized carbons (Fsp3) is 0.211. The Labute approximate surface area is 143 Å². The zero-order valence-corrected chi connectivity index (χ0v) is 13.5. The lowest BCUT2D eigenvalue weighted by molar-refractivity contribution is -0.116. The fourth-order valence-corrected chi connectivity index (χ4v) is 2.96. The second-order valence-electron chi connectivity index (χ2n) is 6.00. The van der Waals surface area contributed by atoms with E-state index in [1.54, 1.807) is 6.07 Å². The van der Waals surface area contributed by atoms with Gasteiger partial charge in [-0.1, -0.05) is 12.1 Å². The fourth-order valence-electron chi connectivity index (χ4n) is 2.96. The van der Waals surface area contributed by atoms with Gasteiger partial charge in [0.1, 0.15) is 11.4 Å². The van der Waals surface area contributed by atoms with E-state index in [1.165, 1.54) is 0 Å². The first kappa shape index (κ1) is 15.4. The molecule has 0 radical (unpaired) electrons. The van der Waals surface area contributed by atoms with E-state index in [9.17, 15) is 9.59 Å². The standard InChI is InChI=1S/C19H17N3O3/c23-18(20-13-5-7-17-12(11-13)9-10-25-17)8-6-16-19(24)22-15-4-2-1-3-14(15)21-16/h1-5,7,11H,6,8-10H2,(H,20,23)(H,22,24). The number of nitrogens with one attached hydrogen (secondary N) is 2. The largest absolute Gasteiger partial charge is 0.493 e. The molecule has 0 saturated carbocycles. The minimum absolute atomic E-state index is 0.145. The van der Waals surface area contributed by atoms with Crippen LogP contribution in [0.5, 0.6) is 5.75 Å². The van der Waals surface area contributed by atoms with Crippen molar-refractivity contribution >= 4 is 22.6 Å². The lowest BCUT2D eigenvalue weighted by Crippen LogP contribution is -2.19. The van der Waals surface area contributed by atoms with Gasteiger partial charge in [0.2, 0.25) is 5.91 Å². The van der Waals surface area contributed by atoms with Crippen LogP contribution >= 0.6 is 0 Å². The maximum absolute atomic E-state index is 12.2. The number of amides is 1. The molecule has 2 heterocycles. The average Bonchev–Trinajstić information content (AvgIpc) is 3.07. The van der Waals surface area contributed by atoms with E-state index in [4.69, 9.17) is 4.74 Å². The molecule has 0 bridgehead atoms. The number of fused-ring (bicyclic) bond motifs is 2. The topological polar surface area (TPSA) is 84.1 Å². The molecular weight excluding hydrogens is 318 g/mol. The van der Waals surface area contributed by atoms with E-state index in [0.717, 1.165) is 28.9 Å². The highest BCUT2D eigenvalue weighted by molar-refractivity contribution is 5.91. The molecule has 0 fully saturated rings. The number of para-hydroxylation sites is 2. The number of benzene rings is 2. The zero-order valence-electron chi connectivity index (χ0n) is 13.5. The highest BCUT2D eigenvalue weighted by atomic mass is 16.5. The number of rotatable bonds is 4. The number of aromatic amines is 1. The molecule has 6 nitrogen and oxygen atoms in total. The van der Waals surface area contributed by atoms with Gasteiger partial charge < -0.3 is 15.0 Å². The van der Waals surface area contributed by atoms with Crippen LogP contribution in [0.15, 0.2) is 47.3 Å². The van der Waals surface area contributed by atoms with E-state index in [2.05, 4.69) is 15.3 Å². The van der Waals surface area contributed by atoms with Crippen LogP contribution in [0.3, 0.4) is 0 Å². The van der Waals surface area contributed by atoms with Gasteiger partial charge in [0, 0.05) is 24.9 Å². The number of hydrogen-bond acceptors (Lipinski definition) is 4. The first-order chi connectivity index (χ1) is 12.2. The molecule has 2 aromatic carbocycles. The number of ether oxygens (including phenoxy) is 1. The van der Waals surface area contributed by atoms with Gasteiger partial charge in [0.25, 0.3) is 5.56 Å². The molecular formula is C19H17N3O3. The van der Waals surface area contributed by atoms with Gasteiger partial charge in [-0.2, -0.15) is 0 Å². The lowest BCUT2D eigenvalue weighted by atomic mass is 10.1. The van der Waals surface area contributed by atoms with E-state index in [1.807, 2.05) is 36.4 Å². The minimum atomic E-state index is -0.249. The van der Waals surface area contributed by atoms with E-state index < -0.39 is 0 Å². The van der Waals surface area contributed by atoms with Gasteiger partial charge in [-0.05, 0) is 35.9 Å². The van der Waals surface area contributed by atoms with Crippen LogP contribution in [0.1, 0.15) is 17.7 Å². The van der Waals surface area contributed by atoms with Gasteiger partial charge >= 0.3 is 0 Å². The number of H-pyrrole nitrogens is 1. The van der Waals surface area contributed by atoms with Crippen molar-refractivity contribution in [3.8, 4) is 5.75 Å². The Morgan fingerprint density at radius 3 is 3.04 bits per heavy atom. The van der Waals surface area contributed by atoms with Gasteiger partial charge in [0.05, 0.1) is 17.6 Å². The van der Waals surface area contributed by atoms with Crippen LogP contribution in [0, 0.1) is 0 Å². The zero-order chi connectivity index (χ0) is 17.2. The molecule has 0 saturated heterocycles. The van der Waals surface area contributed by atoms with Crippen LogP contribution in [-0.4, -0.2) is 22.5 Å². The molecule has 0 aliphatic carbocycles. The second kappa shape index (κ2) is 6.39. The van der Waals surface area contributed by atoms with E-state index in [0.29, 0.717) is 24.2 Å². The summed E-state index contributed by atoms with van der Waals surface area (Å²) < 4.78 is 5.45. The smallest absolute Gasteiger partial charge is 0.270 e. The quantitative estimate of drug-likeness (QED) is 0.767. The number of hydrogen-bond donors (Lipinski definition) is 2. The third-order valence-corrected chi connectivity index (χ3v) is 4.23. The highest BCUT2D eigenvalue weighted by Crippen LogP contribution is 2.27. The van der Waals surface area contributed by atoms with Crippen molar-refractivity contribution in [3.63, 3.8) is 0 Å². The third-order valence-electron chi connectivity index (χ3n) is 4.23. The Kier molecular flexibility index (Phi) is 3.93. The Balaban J connectivity index is 1.43. The van der Waals surface area contributed by atoms with Crippen molar-refractivity contribution < 1.29 is 9.53 Å². The third kappa shape index (κ3) is 3.24. The molecule has 1 aliphatic heterocycles. The summed E-state index contributed by atoms with van der Waals surface area (Å²) in [5.41, 5.74) is 3.38. The normalized spacial score (nSPS) is 12.6. The van der Waals surface area contributed by atoms with Crippen LogP contribution in [0.2, 0.25) is 0 Å². The predicted octanol–water partition coefficient (Wildman–Crippen LogP) is 2.43.